The standard InChI is InChI=1S/C21H15N3O5/c22-10-14(21-23-15-3-1-2-4-16(15)24-21)17(25)11-27-20(26)8-6-13-5-7-18-19(9-13)29-12-28-18/h1-9,25H,11-12H2,(H,23,24)/b8-6+,17-14-. The highest BCUT2D eigenvalue weighted by Crippen LogP contribution is 2.32. The molecule has 29 heavy (non-hydrogen) atoms. The minimum absolute atomic E-state index is 0.0891. The highest BCUT2D eigenvalue weighted by atomic mass is 16.7. The van der Waals surface area contributed by atoms with Crippen LogP contribution in [-0.2, 0) is 9.53 Å². The number of ether oxygens (including phenoxy) is 3. The normalized spacial score (nSPS) is 13.3. The van der Waals surface area contributed by atoms with E-state index in [4.69, 9.17) is 14.2 Å². The Labute approximate surface area is 165 Å². The topological polar surface area (TPSA) is 117 Å². The fraction of sp³-hybridized carbons (Fsp3) is 0.0952. The van der Waals surface area contributed by atoms with Crippen LogP contribution in [0.5, 0.6) is 11.5 Å². The number of esters is 1. The quantitative estimate of drug-likeness (QED) is 0.297. The average molecular weight is 389 g/mol. The van der Waals surface area contributed by atoms with Gasteiger partial charge in [-0.2, -0.15) is 5.26 Å². The fourth-order valence-electron chi connectivity index (χ4n) is 2.77. The monoisotopic (exact) mass is 389 g/mol. The van der Waals surface area contributed by atoms with Crippen molar-refractivity contribution in [2.75, 3.05) is 13.4 Å². The van der Waals surface area contributed by atoms with Gasteiger partial charge in [-0.25, -0.2) is 9.78 Å². The summed E-state index contributed by atoms with van der Waals surface area (Å²) in [6.07, 6.45) is 2.77. The number of hydrogen-bond acceptors (Lipinski definition) is 7. The van der Waals surface area contributed by atoms with Crippen LogP contribution in [0.1, 0.15) is 11.4 Å². The number of allylic oxidation sites excluding steroid dienone is 1. The van der Waals surface area contributed by atoms with Gasteiger partial charge in [0.15, 0.2) is 23.1 Å². The summed E-state index contributed by atoms with van der Waals surface area (Å²) >= 11 is 0. The van der Waals surface area contributed by atoms with Crippen molar-refractivity contribution < 1.29 is 24.1 Å². The number of aliphatic hydroxyl groups excluding tert-OH is 1. The Kier molecular flexibility index (Phi) is 4.86. The Morgan fingerprint density at radius 2 is 2.10 bits per heavy atom. The molecule has 0 fully saturated rings. The van der Waals surface area contributed by atoms with Gasteiger partial charge < -0.3 is 24.3 Å². The second kappa shape index (κ2) is 7.78. The van der Waals surface area contributed by atoms with Crippen molar-refractivity contribution >= 4 is 28.7 Å². The first kappa shape index (κ1) is 18.1. The van der Waals surface area contributed by atoms with Crippen molar-refractivity contribution in [3.05, 3.63) is 65.7 Å². The van der Waals surface area contributed by atoms with E-state index in [2.05, 4.69) is 9.97 Å². The number of nitriles is 1. The summed E-state index contributed by atoms with van der Waals surface area (Å²) in [7, 11) is 0. The molecule has 2 heterocycles. The zero-order valence-corrected chi connectivity index (χ0v) is 15.1. The van der Waals surface area contributed by atoms with E-state index in [9.17, 15) is 15.2 Å². The maximum Gasteiger partial charge on any atom is 0.331 e. The lowest BCUT2D eigenvalue weighted by Crippen LogP contribution is -2.06. The molecule has 0 spiro atoms. The lowest BCUT2D eigenvalue weighted by molar-refractivity contribution is -0.137. The summed E-state index contributed by atoms with van der Waals surface area (Å²) < 4.78 is 15.5. The lowest BCUT2D eigenvalue weighted by Gasteiger charge is -2.03. The molecule has 4 rings (SSSR count). The molecule has 1 aliphatic heterocycles. The Morgan fingerprint density at radius 3 is 2.93 bits per heavy atom. The number of imidazole rings is 1. The number of nitrogens with one attached hydrogen (secondary N) is 1. The minimum atomic E-state index is -0.670. The second-order valence-corrected chi connectivity index (χ2v) is 6.09. The van der Waals surface area contributed by atoms with Gasteiger partial charge in [0.1, 0.15) is 18.2 Å². The Morgan fingerprint density at radius 1 is 1.28 bits per heavy atom. The third-order valence-corrected chi connectivity index (χ3v) is 4.19. The summed E-state index contributed by atoms with van der Waals surface area (Å²) in [6, 6.07) is 14.4. The maximum absolute atomic E-state index is 11.9. The van der Waals surface area contributed by atoms with Crippen LogP contribution in [0, 0.1) is 11.3 Å². The van der Waals surface area contributed by atoms with Crippen molar-refractivity contribution in [1.82, 2.24) is 9.97 Å². The van der Waals surface area contributed by atoms with Gasteiger partial charge in [0.25, 0.3) is 0 Å². The Hall–Kier alpha value is -4.25. The number of carbonyl (C=O) groups excluding carboxylic acids is 1. The molecule has 0 amide bonds. The molecule has 144 valence electrons. The smallest absolute Gasteiger partial charge is 0.331 e. The summed E-state index contributed by atoms with van der Waals surface area (Å²) in [4.78, 5) is 19.2. The van der Waals surface area contributed by atoms with E-state index in [1.165, 1.54) is 6.08 Å². The van der Waals surface area contributed by atoms with Crippen LogP contribution in [0.15, 0.2) is 54.3 Å². The van der Waals surface area contributed by atoms with Crippen LogP contribution in [0.4, 0.5) is 0 Å². The van der Waals surface area contributed by atoms with E-state index < -0.39 is 18.3 Å². The van der Waals surface area contributed by atoms with Gasteiger partial charge in [-0.15, -0.1) is 0 Å². The molecule has 3 aromatic rings. The molecule has 0 unspecified atom stereocenters. The van der Waals surface area contributed by atoms with E-state index >= 15 is 0 Å². The number of aliphatic hydroxyl groups is 1. The van der Waals surface area contributed by atoms with Crippen LogP contribution >= 0.6 is 0 Å². The maximum atomic E-state index is 11.9. The van der Waals surface area contributed by atoms with Crippen molar-refractivity contribution in [2.24, 2.45) is 0 Å². The van der Waals surface area contributed by atoms with Crippen molar-refractivity contribution in [2.45, 2.75) is 0 Å². The van der Waals surface area contributed by atoms with Crippen LogP contribution < -0.4 is 9.47 Å². The number of nitrogens with zero attached hydrogens (tertiary/aromatic N) is 2. The van der Waals surface area contributed by atoms with Gasteiger partial charge in [0.05, 0.1) is 11.0 Å². The summed E-state index contributed by atoms with van der Waals surface area (Å²) in [5.74, 6) is 0.394. The van der Waals surface area contributed by atoms with Crippen molar-refractivity contribution in [3.63, 3.8) is 0 Å². The number of aromatic nitrogens is 2. The number of H-pyrrole nitrogens is 1. The van der Waals surface area contributed by atoms with Gasteiger partial charge in [-0.3, -0.25) is 0 Å². The highest BCUT2D eigenvalue weighted by molar-refractivity contribution is 5.87. The summed E-state index contributed by atoms with van der Waals surface area (Å²) in [5, 5.41) is 19.6. The zero-order chi connectivity index (χ0) is 20.2. The highest BCUT2D eigenvalue weighted by Gasteiger charge is 2.15. The molecule has 0 atom stereocenters. The minimum Gasteiger partial charge on any atom is -0.507 e. The molecule has 0 radical (unpaired) electrons. The lowest BCUT2D eigenvalue weighted by atomic mass is 10.2. The molecule has 0 aliphatic carbocycles. The van der Waals surface area contributed by atoms with E-state index in [1.807, 2.05) is 18.2 Å². The molecule has 8 nitrogen and oxygen atoms in total. The van der Waals surface area contributed by atoms with Crippen LogP contribution in [-0.4, -0.2) is 34.4 Å². The summed E-state index contributed by atoms with van der Waals surface area (Å²) in [5.41, 5.74) is 2.03. The number of para-hydroxylation sites is 2. The van der Waals surface area contributed by atoms with E-state index in [0.29, 0.717) is 17.0 Å². The van der Waals surface area contributed by atoms with Crippen molar-refractivity contribution in [3.8, 4) is 17.6 Å². The largest absolute Gasteiger partial charge is 0.507 e. The zero-order valence-electron chi connectivity index (χ0n) is 15.1. The molecular formula is C21H15N3O5. The number of fused-ring (bicyclic) bond motifs is 2. The van der Waals surface area contributed by atoms with E-state index in [-0.39, 0.29) is 18.2 Å². The molecule has 8 heteroatoms. The molecule has 0 saturated carbocycles. The number of hydrogen-bond donors (Lipinski definition) is 2. The van der Waals surface area contributed by atoms with E-state index in [0.717, 1.165) is 11.1 Å². The second-order valence-electron chi connectivity index (χ2n) is 6.09. The van der Waals surface area contributed by atoms with Gasteiger partial charge in [-0.1, -0.05) is 18.2 Å². The predicted octanol–water partition coefficient (Wildman–Crippen LogP) is 3.34. The predicted molar refractivity (Wildman–Crippen MR) is 104 cm³/mol. The van der Waals surface area contributed by atoms with Crippen molar-refractivity contribution in [1.29, 1.82) is 5.26 Å². The molecule has 2 N–H and O–H groups in total. The Balaban J connectivity index is 1.42. The van der Waals surface area contributed by atoms with Crippen LogP contribution in [0.25, 0.3) is 22.7 Å². The fourth-order valence-corrected chi connectivity index (χ4v) is 2.77. The third kappa shape index (κ3) is 3.89. The molecule has 2 aromatic carbocycles. The van der Waals surface area contributed by atoms with Gasteiger partial charge in [-0.05, 0) is 35.9 Å². The van der Waals surface area contributed by atoms with Crippen LogP contribution in [0.2, 0.25) is 0 Å². The number of aromatic amines is 1. The molecular weight excluding hydrogens is 374 g/mol. The van der Waals surface area contributed by atoms with Crippen LogP contribution in [0.3, 0.4) is 0 Å². The first-order valence-corrected chi connectivity index (χ1v) is 8.66. The van der Waals surface area contributed by atoms with Gasteiger partial charge in [0.2, 0.25) is 6.79 Å². The van der Waals surface area contributed by atoms with Gasteiger partial charge in [0, 0.05) is 6.08 Å². The molecule has 0 saturated heterocycles. The van der Waals surface area contributed by atoms with E-state index in [1.54, 1.807) is 36.4 Å². The Bertz CT molecular complexity index is 1150. The number of rotatable bonds is 5. The first-order chi connectivity index (χ1) is 14.1. The van der Waals surface area contributed by atoms with Gasteiger partial charge >= 0.3 is 5.97 Å². The third-order valence-electron chi connectivity index (χ3n) is 4.19. The number of benzene rings is 2. The molecule has 0 bridgehead atoms. The first-order valence-electron chi connectivity index (χ1n) is 8.66. The SMILES string of the molecule is N#C/C(=C(/O)COC(=O)/C=C/c1ccc2c(c1)OCO2)c1nc2ccccc2[nH]1. The summed E-state index contributed by atoms with van der Waals surface area (Å²) in [6.45, 7) is -0.285. The molecule has 1 aromatic heterocycles. The average Bonchev–Trinajstić information content (AvgIpc) is 3.37. The number of carbonyl (C=O) groups is 1. The molecule has 1 aliphatic rings.